The van der Waals surface area contributed by atoms with Crippen molar-refractivity contribution in [1.82, 2.24) is 4.57 Å². The largest absolute Gasteiger partial charge is 0.497 e. The number of benzene rings is 2. The molecule has 9 heteroatoms. The van der Waals surface area contributed by atoms with Gasteiger partial charge in [0.05, 0.1) is 28.3 Å². The molecule has 0 saturated carbocycles. The van der Waals surface area contributed by atoms with Gasteiger partial charge in [0.15, 0.2) is 4.32 Å². The first-order valence-corrected chi connectivity index (χ1v) is 11.5. The average Bonchev–Trinajstić information content (AvgIpc) is 3.22. The number of carbonyl (C=O) groups is 2. The number of aromatic carboxylic acids is 1. The SMILES string of the molecule is COc1ccc(N2C(=O)/C(=C/c3cc(C)n(-c4ccc(Cl)c(C(=O)O)c4)c3C)SC2=S)cc1. The Morgan fingerprint density at radius 3 is 2.42 bits per heavy atom. The van der Waals surface area contributed by atoms with Crippen molar-refractivity contribution in [3.05, 3.63) is 81.0 Å². The quantitative estimate of drug-likeness (QED) is 0.351. The van der Waals surface area contributed by atoms with Crippen LogP contribution in [0.2, 0.25) is 5.02 Å². The summed E-state index contributed by atoms with van der Waals surface area (Å²) in [6.45, 7) is 3.83. The summed E-state index contributed by atoms with van der Waals surface area (Å²) in [6, 6.07) is 14.0. The summed E-state index contributed by atoms with van der Waals surface area (Å²) in [5, 5.41) is 9.58. The molecule has 1 aliphatic heterocycles. The van der Waals surface area contributed by atoms with Crippen LogP contribution in [0.25, 0.3) is 11.8 Å². The zero-order valence-corrected chi connectivity index (χ0v) is 20.3. The van der Waals surface area contributed by atoms with Gasteiger partial charge < -0.3 is 14.4 Å². The molecule has 2 aromatic carbocycles. The number of aromatic nitrogens is 1. The number of amides is 1. The summed E-state index contributed by atoms with van der Waals surface area (Å²) in [5.41, 5.74) is 3.98. The van der Waals surface area contributed by atoms with Crippen LogP contribution in [0.5, 0.6) is 5.75 Å². The zero-order chi connectivity index (χ0) is 23.9. The third kappa shape index (κ3) is 4.29. The van der Waals surface area contributed by atoms with E-state index in [2.05, 4.69) is 0 Å². The van der Waals surface area contributed by atoms with Gasteiger partial charge in [0.25, 0.3) is 5.91 Å². The predicted octanol–water partition coefficient (Wildman–Crippen LogP) is 5.86. The highest BCUT2D eigenvalue weighted by Gasteiger charge is 2.33. The van der Waals surface area contributed by atoms with Crippen LogP contribution < -0.4 is 9.64 Å². The maximum atomic E-state index is 13.1. The molecule has 1 aromatic heterocycles. The van der Waals surface area contributed by atoms with Gasteiger partial charge in [-0.15, -0.1) is 0 Å². The van der Waals surface area contributed by atoms with Crippen LogP contribution in [0.4, 0.5) is 5.69 Å². The zero-order valence-electron chi connectivity index (χ0n) is 18.0. The summed E-state index contributed by atoms with van der Waals surface area (Å²) in [4.78, 5) is 26.6. The highest BCUT2D eigenvalue weighted by molar-refractivity contribution is 8.27. The Balaban J connectivity index is 1.69. The number of carboxylic acids is 1. The number of hydrogen-bond acceptors (Lipinski definition) is 5. The van der Waals surface area contributed by atoms with Crippen molar-refractivity contribution in [2.75, 3.05) is 12.0 Å². The minimum atomic E-state index is -1.09. The number of thioether (sulfide) groups is 1. The third-order valence-corrected chi connectivity index (χ3v) is 6.95. The van der Waals surface area contributed by atoms with E-state index in [1.165, 1.54) is 22.7 Å². The van der Waals surface area contributed by atoms with Crippen molar-refractivity contribution in [3.8, 4) is 11.4 Å². The molecule has 33 heavy (non-hydrogen) atoms. The molecule has 1 N–H and O–H groups in total. The molecule has 1 fully saturated rings. The van der Waals surface area contributed by atoms with E-state index in [0.717, 1.165) is 17.0 Å². The van der Waals surface area contributed by atoms with E-state index in [-0.39, 0.29) is 16.5 Å². The first kappa shape index (κ1) is 23.1. The number of carbonyl (C=O) groups excluding carboxylic acids is 1. The van der Waals surface area contributed by atoms with Crippen LogP contribution in [0, 0.1) is 13.8 Å². The van der Waals surface area contributed by atoms with Crippen LogP contribution in [-0.4, -0.2) is 33.0 Å². The number of ether oxygens (including phenoxy) is 1. The number of nitrogens with zero attached hydrogens (tertiary/aromatic N) is 2. The lowest BCUT2D eigenvalue weighted by molar-refractivity contribution is -0.113. The van der Waals surface area contributed by atoms with E-state index in [9.17, 15) is 14.7 Å². The number of hydrogen-bond donors (Lipinski definition) is 1. The number of aryl methyl sites for hydroxylation is 1. The Morgan fingerprint density at radius 2 is 1.79 bits per heavy atom. The highest BCUT2D eigenvalue weighted by atomic mass is 35.5. The lowest BCUT2D eigenvalue weighted by atomic mass is 10.2. The minimum absolute atomic E-state index is 0.0311. The molecular weight excluding hydrogens is 480 g/mol. The predicted molar refractivity (Wildman–Crippen MR) is 136 cm³/mol. The van der Waals surface area contributed by atoms with Gasteiger partial charge in [0.1, 0.15) is 5.75 Å². The molecule has 0 unspecified atom stereocenters. The van der Waals surface area contributed by atoms with Crippen molar-refractivity contribution in [1.29, 1.82) is 0 Å². The van der Waals surface area contributed by atoms with Crippen LogP contribution in [0.3, 0.4) is 0 Å². The summed E-state index contributed by atoms with van der Waals surface area (Å²) in [6.07, 6.45) is 1.82. The third-order valence-electron chi connectivity index (χ3n) is 5.32. The van der Waals surface area contributed by atoms with E-state index in [4.69, 9.17) is 28.6 Å². The maximum absolute atomic E-state index is 13.1. The molecule has 6 nitrogen and oxygen atoms in total. The van der Waals surface area contributed by atoms with Crippen molar-refractivity contribution in [2.45, 2.75) is 13.8 Å². The second-order valence-corrected chi connectivity index (χ2v) is 9.43. The lowest BCUT2D eigenvalue weighted by Gasteiger charge is -2.14. The van der Waals surface area contributed by atoms with Crippen LogP contribution in [0.1, 0.15) is 27.3 Å². The number of methoxy groups -OCH3 is 1. The molecular formula is C24H19ClN2O4S2. The molecule has 1 amide bonds. The molecule has 0 atom stereocenters. The number of rotatable bonds is 5. The van der Waals surface area contributed by atoms with Gasteiger partial charge in [-0.05, 0) is 74.0 Å². The van der Waals surface area contributed by atoms with Crippen molar-refractivity contribution in [3.63, 3.8) is 0 Å². The number of thiocarbonyl (C=S) groups is 1. The van der Waals surface area contributed by atoms with Crippen LogP contribution >= 0.6 is 35.6 Å². The summed E-state index contributed by atoms with van der Waals surface area (Å²) >= 11 is 12.7. The molecule has 4 rings (SSSR count). The Hall–Kier alpha value is -3.07. The summed E-state index contributed by atoms with van der Waals surface area (Å²) < 4.78 is 7.56. The van der Waals surface area contributed by atoms with E-state index in [1.54, 1.807) is 43.5 Å². The monoisotopic (exact) mass is 498 g/mol. The number of halogens is 1. The van der Waals surface area contributed by atoms with Gasteiger partial charge in [-0.3, -0.25) is 9.69 Å². The van der Waals surface area contributed by atoms with Crippen molar-refractivity contribution < 1.29 is 19.4 Å². The van der Waals surface area contributed by atoms with Crippen molar-refractivity contribution in [2.24, 2.45) is 0 Å². The minimum Gasteiger partial charge on any atom is -0.497 e. The van der Waals surface area contributed by atoms with Crippen LogP contribution in [-0.2, 0) is 4.79 Å². The molecule has 0 aliphatic carbocycles. The van der Waals surface area contributed by atoms with Gasteiger partial charge in [0.2, 0.25) is 0 Å². The summed E-state index contributed by atoms with van der Waals surface area (Å²) in [7, 11) is 1.58. The van der Waals surface area contributed by atoms with E-state index in [1.807, 2.05) is 30.6 Å². The Bertz CT molecular complexity index is 1330. The standard InChI is InChI=1S/C24H19ClN2O4S2/c1-13-10-15(14(2)26(13)17-6-9-20(25)19(12-17)23(29)30)11-21-22(28)27(24(32)33-21)16-4-7-18(31-3)8-5-16/h4-12H,1-3H3,(H,29,30)/b21-11-. The fourth-order valence-electron chi connectivity index (χ4n) is 3.71. The second kappa shape index (κ2) is 9.05. The Kier molecular flexibility index (Phi) is 6.34. The highest BCUT2D eigenvalue weighted by Crippen LogP contribution is 2.37. The first-order valence-electron chi connectivity index (χ1n) is 9.85. The molecule has 1 aliphatic rings. The Morgan fingerprint density at radius 1 is 1.12 bits per heavy atom. The molecule has 1 saturated heterocycles. The van der Waals surface area contributed by atoms with Gasteiger partial charge in [-0.1, -0.05) is 35.6 Å². The van der Waals surface area contributed by atoms with Gasteiger partial charge >= 0.3 is 5.97 Å². The fraction of sp³-hybridized carbons (Fsp3) is 0.125. The van der Waals surface area contributed by atoms with E-state index < -0.39 is 5.97 Å². The molecule has 168 valence electrons. The van der Waals surface area contributed by atoms with Gasteiger partial charge in [-0.2, -0.15) is 0 Å². The fourth-order valence-corrected chi connectivity index (χ4v) is 5.20. The number of carboxylic acid groups (broad SMARTS) is 1. The van der Waals surface area contributed by atoms with Crippen molar-refractivity contribution >= 4 is 63.5 Å². The molecule has 0 radical (unpaired) electrons. The number of anilines is 1. The second-order valence-electron chi connectivity index (χ2n) is 7.35. The Labute approximate surface area is 205 Å². The topological polar surface area (TPSA) is 71.8 Å². The maximum Gasteiger partial charge on any atom is 0.337 e. The lowest BCUT2D eigenvalue weighted by Crippen LogP contribution is -2.27. The average molecular weight is 499 g/mol. The smallest absolute Gasteiger partial charge is 0.337 e. The van der Waals surface area contributed by atoms with Crippen LogP contribution in [0.15, 0.2) is 53.4 Å². The van der Waals surface area contributed by atoms with Gasteiger partial charge in [0, 0.05) is 17.1 Å². The first-order chi connectivity index (χ1) is 15.7. The van der Waals surface area contributed by atoms with E-state index >= 15 is 0 Å². The molecule has 2 heterocycles. The molecule has 3 aromatic rings. The molecule has 0 spiro atoms. The van der Waals surface area contributed by atoms with E-state index in [0.29, 0.717) is 26.3 Å². The summed E-state index contributed by atoms with van der Waals surface area (Å²) in [5.74, 6) is -0.591. The molecule has 0 bridgehead atoms. The normalized spacial score (nSPS) is 14.9. The van der Waals surface area contributed by atoms with Gasteiger partial charge in [-0.25, -0.2) is 4.79 Å².